The summed E-state index contributed by atoms with van der Waals surface area (Å²) in [7, 11) is 1.68. The molecule has 6 heteroatoms. The number of benzene rings is 1. The van der Waals surface area contributed by atoms with Crippen molar-refractivity contribution >= 4 is 22.4 Å². The van der Waals surface area contributed by atoms with Crippen molar-refractivity contribution in [1.29, 1.82) is 0 Å². The average molecular weight is 331 g/mol. The number of hydrogen-bond acceptors (Lipinski definition) is 5. The van der Waals surface area contributed by atoms with Gasteiger partial charge >= 0.3 is 0 Å². The Morgan fingerprint density at radius 1 is 1.43 bits per heavy atom. The molecule has 5 nitrogen and oxygen atoms in total. The molecular weight excluding hydrogens is 310 g/mol. The maximum Gasteiger partial charge on any atom is 0.240 e. The Kier molecular flexibility index (Phi) is 4.93. The van der Waals surface area contributed by atoms with Crippen molar-refractivity contribution in [3.05, 3.63) is 40.9 Å². The van der Waals surface area contributed by atoms with Crippen molar-refractivity contribution in [1.82, 2.24) is 9.88 Å². The van der Waals surface area contributed by atoms with Crippen molar-refractivity contribution < 1.29 is 9.53 Å². The van der Waals surface area contributed by atoms with Crippen LogP contribution in [0, 0.1) is 6.92 Å². The number of aryl methyl sites for hydroxylation is 1. The van der Waals surface area contributed by atoms with Gasteiger partial charge in [0.15, 0.2) is 5.13 Å². The zero-order valence-corrected chi connectivity index (χ0v) is 14.2. The van der Waals surface area contributed by atoms with Crippen LogP contribution in [0.3, 0.4) is 0 Å². The first-order valence-corrected chi connectivity index (χ1v) is 8.61. The Hall–Kier alpha value is -1.92. The van der Waals surface area contributed by atoms with Crippen molar-refractivity contribution in [3.8, 4) is 5.75 Å². The molecule has 122 valence electrons. The lowest BCUT2D eigenvalue weighted by Crippen LogP contribution is -2.34. The monoisotopic (exact) mass is 331 g/mol. The van der Waals surface area contributed by atoms with E-state index in [0.29, 0.717) is 17.7 Å². The molecule has 0 spiro atoms. The Balaban J connectivity index is 1.64. The van der Waals surface area contributed by atoms with E-state index in [2.05, 4.69) is 21.3 Å². The van der Waals surface area contributed by atoms with Crippen molar-refractivity contribution in [3.63, 3.8) is 0 Å². The molecule has 23 heavy (non-hydrogen) atoms. The van der Waals surface area contributed by atoms with Crippen LogP contribution < -0.4 is 10.1 Å². The standard InChI is InChI=1S/C17H21N3O2S/c1-12-11-23-17(18-12)19-16(21)10-20(14-7-8-14)9-13-5-3-4-6-15(13)22-2/h3-6,11,14H,7-10H2,1-2H3,(H,18,19,21). The zero-order valence-electron chi connectivity index (χ0n) is 13.4. The van der Waals surface area contributed by atoms with Crippen molar-refractivity contribution in [2.75, 3.05) is 19.0 Å². The summed E-state index contributed by atoms with van der Waals surface area (Å²) >= 11 is 1.46. The Labute approximate surface area is 140 Å². The van der Waals surface area contributed by atoms with Crippen LogP contribution in [0.4, 0.5) is 5.13 Å². The molecule has 1 fully saturated rings. The number of nitrogens with one attached hydrogen (secondary N) is 1. The van der Waals surface area contributed by atoms with E-state index in [1.165, 1.54) is 11.3 Å². The lowest BCUT2D eigenvalue weighted by Gasteiger charge is -2.22. The molecule has 1 aromatic carbocycles. The highest BCUT2D eigenvalue weighted by Crippen LogP contribution is 2.30. The molecular formula is C17H21N3O2S. The molecule has 0 unspecified atom stereocenters. The molecule has 3 rings (SSSR count). The summed E-state index contributed by atoms with van der Waals surface area (Å²) in [5.41, 5.74) is 2.04. The van der Waals surface area contributed by atoms with Gasteiger partial charge in [0.25, 0.3) is 0 Å². The van der Waals surface area contributed by atoms with Crippen LogP contribution in [-0.2, 0) is 11.3 Å². The first kappa shape index (κ1) is 16.0. The topological polar surface area (TPSA) is 54.5 Å². The molecule has 1 N–H and O–H groups in total. The average Bonchev–Trinajstić information content (AvgIpc) is 3.31. The van der Waals surface area contributed by atoms with E-state index in [1.807, 2.05) is 30.5 Å². The largest absolute Gasteiger partial charge is 0.496 e. The van der Waals surface area contributed by atoms with E-state index in [1.54, 1.807) is 7.11 Å². The second kappa shape index (κ2) is 7.10. The smallest absolute Gasteiger partial charge is 0.240 e. The molecule has 0 saturated heterocycles. The number of para-hydroxylation sites is 1. The summed E-state index contributed by atoms with van der Waals surface area (Å²) < 4.78 is 5.41. The third-order valence-electron chi connectivity index (χ3n) is 3.84. The van der Waals surface area contributed by atoms with Gasteiger partial charge in [-0.05, 0) is 25.8 Å². The zero-order chi connectivity index (χ0) is 16.2. The summed E-state index contributed by atoms with van der Waals surface area (Å²) in [6.45, 7) is 3.02. The number of carbonyl (C=O) groups is 1. The molecule has 1 aliphatic carbocycles. The number of aromatic nitrogens is 1. The molecule has 1 saturated carbocycles. The van der Waals surface area contributed by atoms with Gasteiger partial charge in [-0.15, -0.1) is 11.3 Å². The van der Waals surface area contributed by atoms with Crippen LogP contribution in [-0.4, -0.2) is 35.5 Å². The van der Waals surface area contributed by atoms with Gasteiger partial charge in [-0.3, -0.25) is 9.69 Å². The summed E-state index contributed by atoms with van der Waals surface area (Å²) in [4.78, 5) is 18.8. The minimum absolute atomic E-state index is 0.0128. The molecule has 1 heterocycles. The number of amides is 1. The third-order valence-corrected chi connectivity index (χ3v) is 4.72. The number of ether oxygens (including phenoxy) is 1. The summed E-state index contributed by atoms with van der Waals surface area (Å²) in [6, 6.07) is 8.46. The number of rotatable bonds is 7. The third kappa shape index (κ3) is 4.30. The van der Waals surface area contributed by atoms with Gasteiger partial charge in [0.05, 0.1) is 19.3 Å². The highest BCUT2D eigenvalue weighted by molar-refractivity contribution is 7.13. The summed E-state index contributed by atoms with van der Waals surface area (Å²) in [5.74, 6) is 0.857. The number of methoxy groups -OCH3 is 1. The minimum Gasteiger partial charge on any atom is -0.496 e. The number of nitrogens with zero attached hydrogens (tertiary/aromatic N) is 2. The first-order valence-electron chi connectivity index (χ1n) is 7.73. The van der Waals surface area contributed by atoms with E-state index < -0.39 is 0 Å². The van der Waals surface area contributed by atoms with Crippen LogP contribution in [0.5, 0.6) is 5.75 Å². The van der Waals surface area contributed by atoms with Gasteiger partial charge in [0.1, 0.15) is 5.75 Å². The van der Waals surface area contributed by atoms with E-state index in [9.17, 15) is 4.79 Å². The molecule has 0 aliphatic heterocycles. The SMILES string of the molecule is COc1ccccc1CN(CC(=O)Nc1nc(C)cs1)C1CC1. The number of hydrogen-bond donors (Lipinski definition) is 1. The fourth-order valence-electron chi connectivity index (χ4n) is 2.56. The van der Waals surface area contributed by atoms with Gasteiger partial charge in [0.2, 0.25) is 5.91 Å². The van der Waals surface area contributed by atoms with Crippen LogP contribution in [0.2, 0.25) is 0 Å². The van der Waals surface area contributed by atoms with E-state index in [0.717, 1.165) is 36.4 Å². The number of carbonyl (C=O) groups excluding carboxylic acids is 1. The second-order valence-corrected chi connectivity index (χ2v) is 6.65. The quantitative estimate of drug-likeness (QED) is 0.847. The van der Waals surface area contributed by atoms with Crippen molar-refractivity contribution in [2.24, 2.45) is 0 Å². The lowest BCUT2D eigenvalue weighted by molar-refractivity contribution is -0.117. The van der Waals surface area contributed by atoms with Crippen LogP contribution in [0.25, 0.3) is 0 Å². The Morgan fingerprint density at radius 3 is 2.87 bits per heavy atom. The van der Waals surface area contributed by atoms with Crippen molar-refractivity contribution in [2.45, 2.75) is 32.4 Å². The predicted molar refractivity (Wildman–Crippen MR) is 91.9 cm³/mol. The molecule has 2 aromatic rings. The lowest BCUT2D eigenvalue weighted by atomic mass is 10.2. The van der Waals surface area contributed by atoms with Gasteiger partial charge in [-0.1, -0.05) is 18.2 Å². The molecule has 0 bridgehead atoms. The first-order chi connectivity index (χ1) is 11.2. The minimum atomic E-state index is -0.0128. The second-order valence-electron chi connectivity index (χ2n) is 5.79. The summed E-state index contributed by atoms with van der Waals surface area (Å²) in [6.07, 6.45) is 2.30. The van der Waals surface area contributed by atoms with Crippen LogP contribution in [0.1, 0.15) is 24.1 Å². The molecule has 1 amide bonds. The molecule has 0 atom stereocenters. The maximum absolute atomic E-state index is 12.3. The fraction of sp³-hybridized carbons (Fsp3) is 0.412. The summed E-state index contributed by atoms with van der Waals surface area (Å²) in [5, 5.41) is 5.49. The van der Waals surface area contributed by atoms with Gasteiger partial charge in [-0.2, -0.15) is 0 Å². The van der Waals surface area contributed by atoms with Crippen LogP contribution >= 0.6 is 11.3 Å². The highest BCUT2D eigenvalue weighted by atomic mass is 32.1. The molecule has 1 aromatic heterocycles. The number of thiazole rings is 1. The Bertz CT molecular complexity index is 682. The molecule has 1 aliphatic rings. The fourth-order valence-corrected chi connectivity index (χ4v) is 3.27. The normalized spacial score (nSPS) is 14.0. The highest BCUT2D eigenvalue weighted by Gasteiger charge is 2.30. The van der Waals surface area contributed by atoms with Crippen LogP contribution in [0.15, 0.2) is 29.6 Å². The predicted octanol–water partition coefficient (Wildman–Crippen LogP) is 3.06. The van der Waals surface area contributed by atoms with Gasteiger partial charge in [0, 0.05) is 23.5 Å². The maximum atomic E-state index is 12.3. The number of anilines is 1. The van der Waals surface area contributed by atoms with Gasteiger partial charge < -0.3 is 10.1 Å². The van der Waals surface area contributed by atoms with E-state index >= 15 is 0 Å². The Morgan fingerprint density at radius 2 is 2.22 bits per heavy atom. The van der Waals surface area contributed by atoms with E-state index in [4.69, 9.17) is 4.74 Å². The molecule has 0 radical (unpaired) electrons. The van der Waals surface area contributed by atoms with Gasteiger partial charge in [-0.25, -0.2) is 4.98 Å². The van der Waals surface area contributed by atoms with E-state index in [-0.39, 0.29) is 5.91 Å².